The minimum atomic E-state index is 0.630. The number of aromatic nitrogens is 3. The van der Waals surface area contributed by atoms with Gasteiger partial charge >= 0.3 is 0 Å². The van der Waals surface area contributed by atoms with Gasteiger partial charge in [0.05, 0.1) is 10.4 Å². The first-order valence-electron chi connectivity index (χ1n) is 5.60. The molecule has 1 heterocycles. The van der Waals surface area contributed by atoms with E-state index in [1.54, 1.807) is 12.1 Å². The number of nitrogens with zero attached hydrogens (tertiary/aromatic N) is 3. The van der Waals surface area contributed by atoms with Crippen molar-refractivity contribution in [1.29, 1.82) is 0 Å². The highest BCUT2D eigenvalue weighted by molar-refractivity contribution is 9.08. The summed E-state index contributed by atoms with van der Waals surface area (Å²) in [7, 11) is 0. The van der Waals surface area contributed by atoms with E-state index in [2.05, 4.69) is 37.6 Å². The van der Waals surface area contributed by atoms with Gasteiger partial charge in [-0.25, -0.2) is 0 Å². The van der Waals surface area contributed by atoms with Crippen molar-refractivity contribution in [3.8, 4) is 11.4 Å². The molecule has 0 amide bonds. The molecule has 2 aromatic rings. The van der Waals surface area contributed by atoms with Crippen molar-refractivity contribution in [2.75, 3.05) is 0 Å². The molecule has 0 fully saturated rings. The first-order chi connectivity index (χ1) is 8.67. The van der Waals surface area contributed by atoms with Gasteiger partial charge < -0.3 is 4.57 Å². The number of hydrogen-bond donors (Lipinski definition) is 0. The molecule has 1 aromatic carbocycles. The summed E-state index contributed by atoms with van der Waals surface area (Å²) < 4.78 is 2.06. The second-order valence-corrected chi connectivity index (χ2v) is 5.25. The van der Waals surface area contributed by atoms with Crippen LogP contribution in [0.2, 0.25) is 10.0 Å². The summed E-state index contributed by atoms with van der Waals surface area (Å²) in [5, 5.41) is 10.3. The molecule has 18 heavy (non-hydrogen) atoms. The van der Waals surface area contributed by atoms with Gasteiger partial charge in [-0.3, -0.25) is 0 Å². The molecule has 3 nitrogen and oxygen atoms in total. The van der Waals surface area contributed by atoms with Crippen LogP contribution in [0.4, 0.5) is 0 Å². The molecule has 96 valence electrons. The quantitative estimate of drug-likeness (QED) is 0.758. The van der Waals surface area contributed by atoms with Gasteiger partial charge in [-0.05, 0) is 24.6 Å². The molecule has 1 aromatic heterocycles. The van der Waals surface area contributed by atoms with Crippen molar-refractivity contribution in [3.63, 3.8) is 0 Å². The van der Waals surface area contributed by atoms with Crippen LogP contribution in [-0.2, 0) is 11.9 Å². The van der Waals surface area contributed by atoms with E-state index in [9.17, 15) is 0 Å². The lowest BCUT2D eigenvalue weighted by Gasteiger charge is -2.09. The first-order valence-corrected chi connectivity index (χ1v) is 7.48. The summed E-state index contributed by atoms with van der Waals surface area (Å²) in [5.74, 6) is 1.65. The second-order valence-electron chi connectivity index (χ2n) is 3.85. The third-order valence-electron chi connectivity index (χ3n) is 2.56. The van der Waals surface area contributed by atoms with Crippen molar-refractivity contribution in [1.82, 2.24) is 14.8 Å². The normalized spacial score (nSPS) is 10.9. The molecule has 0 spiro atoms. The Morgan fingerprint density at radius 1 is 1.28 bits per heavy atom. The Bertz CT molecular complexity index is 554. The predicted molar refractivity (Wildman–Crippen MR) is 78.4 cm³/mol. The predicted octanol–water partition coefficient (Wildman–Crippen LogP) is 4.56. The van der Waals surface area contributed by atoms with Crippen LogP contribution < -0.4 is 0 Å². The lowest BCUT2D eigenvalue weighted by Crippen LogP contribution is -2.04. The summed E-state index contributed by atoms with van der Waals surface area (Å²) >= 11 is 15.6. The van der Waals surface area contributed by atoms with Gasteiger partial charge in [0.1, 0.15) is 5.82 Å². The van der Waals surface area contributed by atoms with Crippen LogP contribution in [0.5, 0.6) is 0 Å². The number of benzene rings is 1. The maximum atomic E-state index is 6.20. The van der Waals surface area contributed by atoms with Gasteiger partial charge in [0.25, 0.3) is 0 Å². The Labute approximate surface area is 124 Å². The van der Waals surface area contributed by atoms with Crippen LogP contribution >= 0.6 is 39.1 Å². The van der Waals surface area contributed by atoms with E-state index in [0.29, 0.717) is 15.4 Å². The van der Waals surface area contributed by atoms with Crippen molar-refractivity contribution in [2.45, 2.75) is 25.2 Å². The molecule has 2 rings (SSSR count). The Morgan fingerprint density at radius 2 is 2.06 bits per heavy atom. The number of alkyl halides is 1. The zero-order valence-electron chi connectivity index (χ0n) is 9.83. The van der Waals surface area contributed by atoms with Gasteiger partial charge in [0.15, 0.2) is 5.82 Å². The van der Waals surface area contributed by atoms with Gasteiger partial charge in [-0.1, -0.05) is 46.1 Å². The highest BCUT2D eigenvalue weighted by Crippen LogP contribution is 2.30. The van der Waals surface area contributed by atoms with Crippen molar-refractivity contribution in [3.05, 3.63) is 34.1 Å². The third kappa shape index (κ3) is 2.71. The lowest BCUT2D eigenvalue weighted by atomic mass is 10.2. The van der Waals surface area contributed by atoms with Crippen molar-refractivity contribution < 1.29 is 0 Å². The zero-order chi connectivity index (χ0) is 13.1. The van der Waals surface area contributed by atoms with E-state index in [4.69, 9.17) is 23.2 Å². The van der Waals surface area contributed by atoms with Gasteiger partial charge in [0, 0.05) is 17.1 Å². The van der Waals surface area contributed by atoms with E-state index in [-0.39, 0.29) is 0 Å². The van der Waals surface area contributed by atoms with Gasteiger partial charge in [-0.2, -0.15) is 0 Å². The molecule has 0 radical (unpaired) electrons. The maximum absolute atomic E-state index is 6.20. The SMILES string of the molecule is CCCn1c(CBr)nnc1-c1cc(Cl)ccc1Cl. The molecule has 0 bridgehead atoms. The molecular weight excluding hydrogens is 337 g/mol. The molecule has 0 saturated carbocycles. The molecule has 0 aliphatic rings. The highest BCUT2D eigenvalue weighted by Gasteiger charge is 2.15. The molecular formula is C12H12BrCl2N3. The van der Waals surface area contributed by atoms with E-state index in [0.717, 1.165) is 30.2 Å². The molecule has 0 saturated heterocycles. The molecule has 0 aliphatic carbocycles. The number of halogens is 3. The Hall–Kier alpha value is -0.580. The third-order valence-corrected chi connectivity index (χ3v) is 3.63. The van der Waals surface area contributed by atoms with Gasteiger partial charge in [-0.15, -0.1) is 10.2 Å². The van der Waals surface area contributed by atoms with Crippen molar-refractivity contribution >= 4 is 39.1 Å². The number of hydrogen-bond acceptors (Lipinski definition) is 2. The van der Waals surface area contributed by atoms with Gasteiger partial charge in [0.2, 0.25) is 0 Å². The highest BCUT2D eigenvalue weighted by atomic mass is 79.9. The van der Waals surface area contributed by atoms with Crippen LogP contribution in [0, 0.1) is 0 Å². The molecule has 0 N–H and O–H groups in total. The molecule has 0 atom stereocenters. The first kappa shape index (κ1) is 13.8. The molecule has 0 aliphatic heterocycles. The summed E-state index contributed by atoms with van der Waals surface area (Å²) in [6, 6.07) is 5.36. The van der Waals surface area contributed by atoms with E-state index >= 15 is 0 Å². The summed E-state index contributed by atoms with van der Waals surface area (Å²) in [4.78, 5) is 0. The average Bonchev–Trinajstić information content (AvgIpc) is 2.76. The molecule has 0 unspecified atom stereocenters. The zero-order valence-corrected chi connectivity index (χ0v) is 12.9. The fraction of sp³-hybridized carbons (Fsp3) is 0.333. The van der Waals surface area contributed by atoms with Crippen molar-refractivity contribution in [2.24, 2.45) is 0 Å². The largest absolute Gasteiger partial charge is 0.310 e. The minimum absolute atomic E-state index is 0.630. The van der Waals surface area contributed by atoms with Crippen LogP contribution in [0.1, 0.15) is 19.2 Å². The minimum Gasteiger partial charge on any atom is -0.310 e. The molecule has 6 heteroatoms. The smallest absolute Gasteiger partial charge is 0.165 e. The summed E-state index contributed by atoms with van der Waals surface area (Å²) in [6.07, 6.45) is 1.00. The van der Waals surface area contributed by atoms with Crippen LogP contribution in [0.25, 0.3) is 11.4 Å². The fourth-order valence-electron chi connectivity index (χ4n) is 1.76. The maximum Gasteiger partial charge on any atom is 0.165 e. The Balaban J connectivity index is 2.56. The fourth-order valence-corrected chi connectivity index (χ4v) is 2.55. The van der Waals surface area contributed by atoms with Crippen LogP contribution in [0.15, 0.2) is 18.2 Å². The summed E-state index contributed by atoms with van der Waals surface area (Å²) in [5.41, 5.74) is 0.817. The average molecular weight is 349 g/mol. The van der Waals surface area contributed by atoms with Crippen LogP contribution in [0.3, 0.4) is 0 Å². The second kappa shape index (κ2) is 6.04. The topological polar surface area (TPSA) is 30.7 Å². The van der Waals surface area contributed by atoms with E-state index in [1.165, 1.54) is 0 Å². The van der Waals surface area contributed by atoms with E-state index < -0.39 is 0 Å². The summed E-state index contributed by atoms with van der Waals surface area (Å²) in [6.45, 7) is 2.97. The van der Waals surface area contributed by atoms with E-state index in [1.807, 2.05) is 6.07 Å². The van der Waals surface area contributed by atoms with Crippen LogP contribution in [-0.4, -0.2) is 14.8 Å². The number of rotatable bonds is 4. The monoisotopic (exact) mass is 347 g/mol. The standard InChI is InChI=1S/C12H12BrCl2N3/c1-2-5-18-11(7-13)16-17-12(18)9-6-8(14)3-4-10(9)15/h3-4,6H,2,5,7H2,1H3. The Morgan fingerprint density at radius 3 is 2.72 bits per heavy atom. The lowest BCUT2D eigenvalue weighted by molar-refractivity contribution is 0.661. The Kier molecular flexibility index (Phi) is 4.65.